The Labute approximate surface area is 360 Å². The third-order valence-electron chi connectivity index (χ3n) is 14.2. The molecule has 2 aliphatic carbocycles. The van der Waals surface area contributed by atoms with Crippen molar-refractivity contribution < 1.29 is 4.42 Å². The quantitative estimate of drug-likeness (QED) is 0.128. The molecule has 1 nitrogen and oxygen atoms in total. The van der Waals surface area contributed by atoms with Gasteiger partial charge in [-0.1, -0.05) is 184 Å². The van der Waals surface area contributed by atoms with Crippen molar-refractivity contribution in [3.63, 3.8) is 0 Å². The highest BCUT2D eigenvalue weighted by atomic mass is 16.3. The molecule has 10 aromatic carbocycles. The third-order valence-corrected chi connectivity index (χ3v) is 14.2. The molecule has 0 bridgehead atoms. The molecule has 1 heteroatoms. The monoisotopic (exact) mass is 790 g/mol. The van der Waals surface area contributed by atoms with Gasteiger partial charge in [0.15, 0.2) is 0 Å². The zero-order chi connectivity index (χ0) is 41.1. The van der Waals surface area contributed by atoms with Gasteiger partial charge in [0.2, 0.25) is 0 Å². The standard InChI is InChI=1S/C61H42O/c1-61(2)54-31-28-38(35-53(54)59-45-22-10-7-19-42(45)43-20-8-15-27-50(43)60(59)61)39-29-32-55-51(34-39)52-36-40(30-33-56(52)62-55)57-46-23-11-13-25-48(46)58(49-26-14-12-24-47(49)57)44-21-9-6-18-41(44)37-16-4-3-5-17-37/h3-16,18-37H,17H2,1-2H3. The Bertz CT molecular complexity index is 3700. The van der Waals surface area contributed by atoms with Crippen LogP contribution in [0, 0.1) is 0 Å². The molecule has 13 rings (SSSR count). The molecule has 0 saturated carbocycles. The molecule has 1 aromatic heterocycles. The van der Waals surface area contributed by atoms with Crippen LogP contribution in [0.5, 0.6) is 0 Å². The van der Waals surface area contributed by atoms with Crippen molar-refractivity contribution >= 4 is 65.0 Å². The van der Waals surface area contributed by atoms with Crippen LogP contribution in [0.3, 0.4) is 0 Å². The number of furan rings is 1. The molecule has 0 aliphatic heterocycles. The van der Waals surface area contributed by atoms with Gasteiger partial charge in [0, 0.05) is 22.1 Å². The van der Waals surface area contributed by atoms with E-state index in [9.17, 15) is 0 Å². The molecule has 0 saturated heterocycles. The van der Waals surface area contributed by atoms with E-state index in [1.165, 1.54) is 104 Å². The van der Waals surface area contributed by atoms with Crippen LogP contribution in [-0.2, 0) is 5.41 Å². The average Bonchev–Trinajstić information content (AvgIpc) is 3.81. The molecule has 62 heavy (non-hydrogen) atoms. The zero-order valence-electron chi connectivity index (χ0n) is 34.7. The fourth-order valence-corrected chi connectivity index (χ4v) is 11.4. The van der Waals surface area contributed by atoms with Gasteiger partial charge in [-0.15, -0.1) is 0 Å². The second-order valence-corrected chi connectivity index (χ2v) is 17.8. The molecule has 0 fully saturated rings. The first kappa shape index (κ1) is 35.3. The van der Waals surface area contributed by atoms with Crippen LogP contribution >= 0.6 is 0 Å². The molecule has 292 valence electrons. The summed E-state index contributed by atoms with van der Waals surface area (Å²) in [6.45, 7) is 4.79. The van der Waals surface area contributed by atoms with E-state index in [0.29, 0.717) is 5.92 Å². The molecule has 1 atom stereocenters. The van der Waals surface area contributed by atoms with Gasteiger partial charge in [0.1, 0.15) is 11.2 Å². The van der Waals surface area contributed by atoms with Gasteiger partial charge < -0.3 is 4.42 Å². The third kappa shape index (κ3) is 5.03. The van der Waals surface area contributed by atoms with Crippen molar-refractivity contribution in [1.82, 2.24) is 0 Å². The minimum Gasteiger partial charge on any atom is -0.456 e. The Hall–Kier alpha value is -7.48. The van der Waals surface area contributed by atoms with Crippen LogP contribution in [0.4, 0.5) is 0 Å². The normalized spacial score (nSPS) is 15.4. The fourth-order valence-electron chi connectivity index (χ4n) is 11.4. The summed E-state index contributed by atoms with van der Waals surface area (Å²) in [5.41, 5.74) is 16.0. The summed E-state index contributed by atoms with van der Waals surface area (Å²) in [7, 11) is 0. The first-order valence-electron chi connectivity index (χ1n) is 21.9. The lowest BCUT2D eigenvalue weighted by molar-refractivity contribution is 0.666. The number of rotatable bonds is 4. The molecule has 0 radical (unpaired) electrons. The predicted octanol–water partition coefficient (Wildman–Crippen LogP) is 17.1. The van der Waals surface area contributed by atoms with Crippen molar-refractivity contribution in [2.24, 2.45) is 0 Å². The maximum absolute atomic E-state index is 6.58. The summed E-state index contributed by atoms with van der Waals surface area (Å²) in [6, 6.07) is 65.6. The van der Waals surface area contributed by atoms with Gasteiger partial charge in [0.25, 0.3) is 0 Å². The highest BCUT2D eigenvalue weighted by Crippen LogP contribution is 2.55. The minimum atomic E-state index is -0.131. The van der Waals surface area contributed by atoms with E-state index in [1.54, 1.807) is 0 Å². The van der Waals surface area contributed by atoms with E-state index in [4.69, 9.17) is 4.42 Å². The molecule has 1 unspecified atom stereocenters. The van der Waals surface area contributed by atoms with Crippen molar-refractivity contribution in [1.29, 1.82) is 0 Å². The Morgan fingerprint density at radius 3 is 1.60 bits per heavy atom. The van der Waals surface area contributed by atoms with E-state index >= 15 is 0 Å². The lowest BCUT2D eigenvalue weighted by atomic mass is 9.79. The van der Waals surface area contributed by atoms with E-state index in [-0.39, 0.29) is 5.41 Å². The lowest BCUT2D eigenvalue weighted by Gasteiger charge is -2.24. The summed E-state index contributed by atoms with van der Waals surface area (Å²) >= 11 is 0. The number of allylic oxidation sites excluding steroid dienone is 4. The van der Waals surface area contributed by atoms with Crippen molar-refractivity contribution in [3.8, 4) is 44.5 Å². The SMILES string of the molecule is CC1(C)c2ccc(-c3ccc4oc5ccc(-c6c7ccccc7c(-c7ccccc7C7C=CC=CC7)c7ccccc67)cc5c4c3)cc2-c2c1c1ccccc1c1ccccc21. The van der Waals surface area contributed by atoms with E-state index in [1.807, 2.05) is 0 Å². The topological polar surface area (TPSA) is 13.1 Å². The molecule has 1 heterocycles. The summed E-state index contributed by atoms with van der Waals surface area (Å²) in [5.74, 6) is 0.342. The number of benzene rings is 10. The highest BCUT2D eigenvalue weighted by Gasteiger charge is 2.38. The Morgan fingerprint density at radius 1 is 0.419 bits per heavy atom. The van der Waals surface area contributed by atoms with Crippen LogP contribution in [-0.4, -0.2) is 0 Å². The number of fused-ring (bicyclic) bond motifs is 13. The van der Waals surface area contributed by atoms with Crippen molar-refractivity contribution in [2.75, 3.05) is 0 Å². The highest BCUT2D eigenvalue weighted by molar-refractivity contribution is 6.23. The van der Waals surface area contributed by atoms with Crippen LogP contribution in [0.2, 0.25) is 0 Å². The van der Waals surface area contributed by atoms with Gasteiger partial charge in [-0.3, -0.25) is 0 Å². The van der Waals surface area contributed by atoms with Gasteiger partial charge in [-0.25, -0.2) is 0 Å². The van der Waals surface area contributed by atoms with E-state index in [2.05, 4.69) is 214 Å². The Morgan fingerprint density at radius 2 is 0.935 bits per heavy atom. The van der Waals surface area contributed by atoms with Crippen molar-refractivity contribution in [3.05, 3.63) is 217 Å². The fraction of sp³-hybridized carbons (Fsp3) is 0.0820. The van der Waals surface area contributed by atoms with E-state index < -0.39 is 0 Å². The molecule has 11 aromatic rings. The van der Waals surface area contributed by atoms with Crippen LogP contribution in [0.1, 0.15) is 42.9 Å². The molecular weight excluding hydrogens is 749 g/mol. The second-order valence-electron chi connectivity index (χ2n) is 17.8. The second kappa shape index (κ2) is 13.3. The van der Waals surface area contributed by atoms with Crippen LogP contribution in [0.25, 0.3) is 110 Å². The van der Waals surface area contributed by atoms with Gasteiger partial charge in [-0.2, -0.15) is 0 Å². The molecular formula is C61H42O. The van der Waals surface area contributed by atoms with E-state index in [0.717, 1.165) is 28.4 Å². The molecule has 0 spiro atoms. The first-order valence-corrected chi connectivity index (χ1v) is 21.9. The summed E-state index contributed by atoms with van der Waals surface area (Å²) in [5, 5.41) is 12.6. The molecule has 2 aliphatic rings. The van der Waals surface area contributed by atoms with Gasteiger partial charge >= 0.3 is 0 Å². The molecule has 0 amide bonds. The smallest absolute Gasteiger partial charge is 0.135 e. The van der Waals surface area contributed by atoms with Crippen LogP contribution < -0.4 is 0 Å². The lowest BCUT2D eigenvalue weighted by Crippen LogP contribution is -2.15. The van der Waals surface area contributed by atoms with Gasteiger partial charge in [0.05, 0.1) is 0 Å². The van der Waals surface area contributed by atoms with Gasteiger partial charge in [-0.05, 0) is 141 Å². The summed E-state index contributed by atoms with van der Waals surface area (Å²) in [6.07, 6.45) is 10.00. The summed E-state index contributed by atoms with van der Waals surface area (Å²) < 4.78 is 6.58. The Kier molecular flexibility index (Phi) is 7.55. The predicted molar refractivity (Wildman–Crippen MR) is 263 cm³/mol. The van der Waals surface area contributed by atoms with Crippen LogP contribution in [0.15, 0.2) is 205 Å². The zero-order valence-corrected chi connectivity index (χ0v) is 34.7. The number of hydrogen-bond donors (Lipinski definition) is 0. The number of hydrogen-bond acceptors (Lipinski definition) is 1. The van der Waals surface area contributed by atoms with Crippen molar-refractivity contribution in [2.45, 2.75) is 31.6 Å². The minimum absolute atomic E-state index is 0.131. The Balaban J connectivity index is 0.987. The molecule has 0 N–H and O–H groups in total. The summed E-state index contributed by atoms with van der Waals surface area (Å²) in [4.78, 5) is 0. The maximum atomic E-state index is 6.58. The maximum Gasteiger partial charge on any atom is 0.135 e. The average molecular weight is 791 g/mol. The largest absolute Gasteiger partial charge is 0.456 e. The first-order chi connectivity index (χ1) is 30.5.